The molecule has 0 aliphatic heterocycles. The Morgan fingerprint density at radius 2 is 1.68 bits per heavy atom. The van der Waals surface area contributed by atoms with Crippen LogP contribution >= 0.6 is 0 Å². The summed E-state index contributed by atoms with van der Waals surface area (Å²) in [7, 11) is -1.68. The molecule has 1 amide bonds. The number of aromatic nitrogens is 1. The molecule has 4 rings (SSSR count). The molecule has 0 spiro atoms. The standard InChI is InChI=1S/C27H25FN2O3Si/c1-16-24(26(31)30-23-12-10-18(27(32)33)14-21(23)28)20-15-19(34(2,3)4)11-13-22(20)29-25(16)17-8-6-5-7-9-17/h5-15H,1-4H3,(H,30,31)(H,32,33). The summed E-state index contributed by atoms with van der Waals surface area (Å²) in [6.07, 6.45) is 0. The summed E-state index contributed by atoms with van der Waals surface area (Å²) in [4.78, 5) is 29.5. The molecule has 0 aliphatic rings. The zero-order chi connectivity index (χ0) is 24.6. The fraction of sp³-hybridized carbons (Fsp3) is 0.148. The zero-order valence-corrected chi connectivity index (χ0v) is 20.4. The van der Waals surface area contributed by atoms with Gasteiger partial charge in [0.1, 0.15) is 5.82 Å². The number of nitrogens with zero attached hydrogens (tertiary/aromatic N) is 1. The van der Waals surface area contributed by atoms with E-state index in [-0.39, 0.29) is 11.3 Å². The minimum absolute atomic E-state index is 0.0815. The van der Waals surface area contributed by atoms with Gasteiger partial charge in [0.15, 0.2) is 0 Å². The predicted octanol–water partition coefficient (Wildman–Crippen LogP) is 5.85. The molecule has 1 heterocycles. The molecule has 0 fully saturated rings. The van der Waals surface area contributed by atoms with Gasteiger partial charge in [-0.15, -0.1) is 0 Å². The molecule has 0 bridgehead atoms. The molecule has 0 saturated heterocycles. The normalized spacial score (nSPS) is 11.4. The first-order valence-corrected chi connectivity index (χ1v) is 14.4. The van der Waals surface area contributed by atoms with Gasteiger partial charge in [-0.2, -0.15) is 0 Å². The second-order valence-corrected chi connectivity index (χ2v) is 14.3. The highest BCUT2D eigenvalue weighted by atomic mass is 28.3. The Labute approximate surface area is 198 Å². The fourth-order valence-electron chi connectivity index (χ4n) is 3.93. The maximum absolute atomic E-state index is 14.6. The Kier molecular flexibility index (Phi) is 6.06. The molecular formula is C27H25FN2O3Si. The van der Waals surface area contributed by atoms with Crippen LogP contribution in [0.25, 0.3) is 22.2 Å². The van der Waals surface area contributed by atoms with E-state index in [1.165, 1.54) is 17.3 Å². The summed E-state index contributed by atoms with van der Waals surface area (Å²) < 4.78 is 14.6. The van der Waals surface area contributed by atoms with Gasteiger partial charge in [0.25, 0.3) is 5.91 Å². The summed E-state index contributed by atoms with van der Waals surface area (Å²) in [5.41, 5.74) is 3.08. The zero-order valence-electron chi connectivity index (χ0n) is 19.4. The summed E-state index contributed by atoms with van der Waals surface area (Å²) >= 11 is 0. The third kappa shape index (κ3) is 4.47. The van der Waals surface area contributed by atoms with E-state index < -0.39 is 25.8 Å². The van der Waals surface area contributed by atoms with E-state index in [2.05, 4.69) is 31.0 Å². The van der Waals surface area contributed by atoms with Gasteiger partial charge in [0.05, 0.1) is 36.1 Å². The Hall–Kier alpha value is -3.84. The number of carboxylic acid groups (broad SMARTS) is 1. The minimum atomic E-state index is -1.68. The fourth-order valence-corrected chi connectivity index (χ4v) is 5.09. The molecule has 7 heteroatoms. The first-order valence-electron chi connectivity index (χ1n) is 10.9. The van der Waals surface area contributed by atoms with Crippen molar-refractivity contribution in [3.8, 4) is 11.3 Å². The lowest BCUT2D eigenvalue weighted by atomic mass is 9.97. The molecule has 172 valence electrons. The number of hydrogen-bond acceptors (Lipinski definition) is 3. The Bertz CT molecular complexity index is 1430. The van der Waals surface area contributed by atoms with Crippen LogP contribution in [0.15, 0.2) is 66.7 Å². The van der Waals surface area contributed by atoms with E-state index in [1.54, 1.807) is 0 Å². The van der Waals surface area contributed by atoms with Crippen LogP contribution in [0.4, 0.5) is 10.1 Å². The number of carbonyl (C=O) groups is 2. The molecule has 5 nitrogen and oxygen atoms in total. The molecule has 0 atom stereocenters. The van der Waals surface area contributed by atoms with Crippen molar-refractivity contribution in [2.45, 2.75) is 26.6 Å². The van der Waals surface area contributed by atoms with Crippen LogP contribution in [-0.4, -0.2) is 30.0 Å². The van der Waals surface area contributed by atoms with Gasteiger partial charge in [-0.3, -0.25) is 4.79 Å². The number of anilines is 1. The largest absolute Gasteiger partial charge is 0.478 e. The molecular weight excluding hydrogens is 447 g/mol. The Morgan fingerprint density at radius 3 is 2.29 bits per heavy atom. The van der Waals surface area contributed by atoms with Crippen molar-refractivity contribution in [2.24, 2.45) is 0 Å². The third-order valence-corrected chi connectivity index (χ3v) is 7.88. The molecule has 2 N–H and O–H groups in total. The van der Waals surface area contributed by atoms with Gasteiger partial charge >= 0.3 is 5.97 Å². The number of pyridine rings is 1. The molecule has 0 unspecified atom stereocenters. The third-order valence-electron chi connectivity index (χ3n) is 5.83. The van der Waals surface area contributed by atoms with E-state index in [4.69, 9.17) is 10.1 Å². The number of benzene rings is 3. The minimum Gasteiger partial charge on any atom is -0.478 e. The number of carboxylic acids is 1. The first kappa shape index (κ1) is 23.3. The molecule has 0 radical (unpaired) electrons. The van der Waals surface area contributed by atoms with E-state index >= 15 is 0 Å². The number of rotatable bonds is 5. The quantitative estimate of drug-likeness (QED) is 0.357. The van der Waals surface area contributed by atoms with Crippen molar-refractivity contribution in [1.29, 1.82) is 0 Å². The number of amides is 1. The van der Waals surface area contributed by atoms with Crippen molar-refractivity contribution in [2.75, 3.05) is 5.32 Å². The average Bonchev–Trinajstić information content (AvgIpc) is 2.79. The number of nitrogens with one attached hydrogen (secondary N) is 1. The van der Waals surface area contributed by atoms with Gasteiger partial charge in [-0.1, -0.05) is 67.3 Å². The highest BCUT2D eigenvalue weighted by Gasteiger charge is 2.23. The highest BCUT2D eigenvalue weighted by molar-refractivity contribution is 6.88. The molecule has 34 heavy (non-hydrogen) atoms. The van der Waals surface area contributed by atoms with Crippen molar-refractivity contribution in [3.05, 3.63) is 89.2 Å². The van der Waals surface area contributed by atoms with Crippen molar-refractivity contribution in [3.63, 3.8) is 0 Å². The molecule has 0 aliphatic carbocycles. The highest BCUT2D eigenvalue weighted by Crippen LogP contribution is 2.30. The number of halogens is 1. The lowest BCUT2D eigenvalue weighted by Crippen LogP contribution is -2.37. The lowest BCUT2D eigenvalue weighted by Gasteiger charge is -2.20. The maximum Gasteiger partial charge on any atom is 0.335 e. The molecule has 0 saturated carbocycles. The summed E-state index contributed by atoms with van der Waals surface area (Å²) in [6, 6.07) is 19.1. The van der Waals surface area contributed by atoms with E-state index in [9.17, 15) is 14.0 Å². The summed E-state index contributed by atoms with van der Waals surface area (Å²) in [5.74, 6) is -2.52. The maximum atomic E-state index is 14.6. The second-order valence-electron chi connectivity index (χ2n) is 9.26. The van der Waals surface area contributed by atoms with Gasteiger partial charge in [-0.25, -0.2) is 14.2 Å². The smallest absolute Gasteiger partial charge is 0.335 e. The van der Waals surface area contributed by atoms with Crippen LogP contribution < -0.4 is 10.5 Å². The van der Waals surface area contributed by atoms with Crippen LogP contribution in [-0.2, 0) is 0 Å². The van der Waals surface area contributed by atoms with Gasteiger partial charge in [0.2, 0.25) is 0 Å². The van der Waals surface area contributed by atoms with E-state index in [0.29, 0.717) is 27.7 Å². The number of hydrogen-bond donors (Lipinski definition) is 2. The summed E-state index contributed by atoms with van der Waals surface area (Å²) in [6.45, 7) is 8.53. The topological polar surface area (TPSA) is 79.3 Å². The molecule has 3 aromatic carbocycles. The van der Waals surface area contributed by atoms with Gasteiger partial charge < -0.3 is 10.4 Å². The number of fused-ring (bicyclic) bond motifs is 1. The Morgan fingerprint density at radius 1 is 0.971 bits per heavy atom. The molecule has 4 aromatic rings. The van der Waals surface area contributed by atoms with Crippen LogP contribution in [0.2, 0.25) is 19.6 Å². The monoisotopic (exact) mass is 472 g/mol. The van der Waals surface area contributed by atoms with Crippen molar-refractivity contribution >= 4 is 41.7 Å². The first-order chi connectivity index (χ1) is 16.1. The van der Waals surface area contributed by atoms with Gasteiger partial charge in [0, 0.05) is 10.9 Å². The average molecular weight is 473 g/mol. The van der Waals surface area contributed by atoms with Gasteiger partial charge in [-0.05, 0) is 36.8 Å². The predicted molar refractivity (Wildman–Crippen MR) is 136 cm³/mol. The van der Waals surface area contributed by atoms with Crippen molar-refractivity contribution < 1.29 is 19.1 Å². The summed E-state index contributed by atoms with van der Waals surface area (Å²) in [5, 5.41) is 13.6. The van der Waals surface area contributed by atoms with Crippen LogP contribution in [0.5, 0.6) is 0 Å². The van der Waals surface area contributed by atoms with Crippen LogP contribution in [0, 0.1) is 12.7 Å². The molecule has 1 aromatic heterocycles. The number of aromatic carboxylic acids is 1. The van der Waals surface area contributed by atoms with E-state index in [1.807, 2.05) is 49.4 Å². The van der Waals surface area contributed by atoms with Crippen LogP contribution in [0.1, 0.15) is 26.3 Å². The lowest BCUT2D eigenvalue weighted by molar-refractivity contribution is 0.0696. The van der Waals surface area contributed by atoms with Crippen molar-refractivity contribution in [1.82, 2.24) is 4.98 Å². The Balaban J connectivity index is 1.90. The van der Waals surface area contributed by atoms with E-state index in [0.717, 1.165) is 11.6 Å². The van der Waals surface area contributed by atoms with Crippen LogP contribution in [0.3, 0.4) is 0 Å². The number of carbonyl (C=O) groups excluding carboxylic acids is 1. The second kappa shape index (κ2) is 8.83. The SMILES string of the molecule is Cc1c(-c2ccccc2)nc2ccc([Si](C)(C)C)cc2c1C(=O)Nc1ccc(C(=O)O)cc1F.